The van der Waals surface area contributed by atoms with Crippen molar-refractivity contribution in [2.45, 2.75) is 38.4 Å². The van der Waals surface area contributed by atoms with Gasteiger partial charge in [-0.15, -0.1) is 0 Å². The van der Waals surface area contributed by atoms with Gasteiger partial charge in [-0.25, -0.2) is 4.79 Å². The first-order valence-corrected chi connectivity index (χ1v) is 7.96. The van der Waals surface area contributed by atoms with Crippen molar-refractivity contribution < 1.29 is 27.9 Å². The molecule has 6 nitrogen and oxygen atoms in total. The molecule has 1 aliphatic carbocycles. The maximum absolute atomic E-state index is 13.3. The van der Waals surface area contributed by atoms with Crippen LogP contribution in [0.1, 0.15) is 31.7 Å². The summed E-state index contributed by atoms with van der Waals surface area (Å²) >= 11 is 0. The maximum Gasteiger partial charge on any atom is 0.418 e. The lowest BCUT2D eigenvalue weighted by atomic mass is 10.1. The number of amides is 2. The van der Waals surface area contributed by atoms with E-state index in [0.29, 0.717) is 12.5 Å². The first kappa shape index (κ1) is 18.9. The molecule has 2 amide bonds. The molecule has 0 heterocycles. The van der Waals surface area contributed by atoms with Crippen LogP contribution >= 0.6 is 0 Å². The summed E-state index contributed by atoms with van der Waals surface area (Å²) in [4.78, 5) is 22.9. The first-order valence-electron chi connectivity index (χ1n) is 7.96. The molecule has 1 aromatic carbocycles. The average molecular weight is 359 g/mol. The second-order valence-electron chi connectivity index (χ2n) is 5.95. The second-order valence-corrected chi connectivity index (χ2v) is 5.95. The quantitative estimate of drug-likeness (QED) is 0.600. The third-order valence-electron chi connectivity index (χ3n) is 3.91. The van der Waals surface area contributed by atoms with Crippen molar-refractivity contribution in [3.05, 3.63) is 23.8 Å². The van der Waals surface area contributed by atoms with Gasteiger partial charge in [0.05, 0.1) is 16.9 Å². The molecule has 0 aliphatic heterocycles. The molecule has 1 unspecified atom stereocenters. The molecule has 1 aliphatic rings. The highest BCUT2D eigenvalue weighted by Gasteiger charge is 2.35. The van der Waals surface area contributed by atoms with Crippen LogP contribution in [-0.4, -0.2) is 29.7 Å². The number of alkyl halides is 3. The van der Waals surface area contributed by atoms with Gasteiger partial charge in [-0.2, -0.15) is 13.2 Å². The van der Waals surface area contributed by atoms with Crippen LogP contribution in [0, 0.1) is 5.92 Å². The zero-order valence-corrected chi connectivity index (χ0v) is 13.6. The fourth-order valence-corrected chi connectivity index (χ4v) is 2.37. The van der Waals surface area contributed by atoms with E-state index in [0.717, 1.165) is 18.9 Å². The van der Waals surface area contributed by atoms with Gasteiger partial charge in [-0.05, 0) is 37.3 Å². The van der Waals surface area contributed by atoms with Crippen LogP contribution in [0.4, 0.5) is 29.3 Å². The molecular formula is C16H20F3N3O3. The van der Waals surface area contributed by atoms with Gasteiger partial charge in [0.15, 0.2) is 0 Å². The smallest absolute Gasteiger partial charge is 0.418 e. The predicted molar refractivity (Wildman–Crippen MR) is 86.5 cm³/mol. The van der Waals surface area contributed by atoms with Crippen molar-refractivity contribution in [3.8, 4) is 0 Å². The number of halogens is 3. The summed E-state index contributed by atoms with van der Waals surface area (Å²) in [6.45, 7) is 1.99. The zero-order valence-electron chi connectivity index (χ0n) is 13.6. The van der Waals surface area contributed by atoms with Crippen LogP contribution in [0.25, 0.3) is 0 Å². The Hall–Kier alpha value is -2.45. The van der Waals surface area contributed by atoms with E-state index in [1.807, 2.05) is 5.32 Å². The summed E-state index contributed by atoms with van der Waals surface area (Å²) in [5, 5.41) is 15.9. The molecule has 4 N–H and O–H groups in total. The Morgan fingerprint density at radius 1 is 1.32 bits per heavy atom. The van der Waals surface area contributed by atoms with Crippen LogP contribution in [0.5, 0.6) is 0 Å². The van der Waals surface area contributed by atoms with Gasteiger partial charge in [0.1, 0.15) is 6.04 Å². The number of hydrogen-bond donors (Lipinski definition) is 4. The molecule has 25 heavy (non-hydrogen) atoms. The number of anilines is 2. The van der Waals surface area contributed by atoms with Crippen LogP contribution in [-0.2, 0) is 11.0 Å². The lowest BCUT2D eigenvalue weighted by molar-refractivity contribution is -0.137. The number of benzene rings is 1. The molecule has 0 aromatic heterocycles. The van der Waals surface area contributed by atoms with E-state index in [2.05, 4.69) is 10.6 Å². The number of para-hydroxylation sites is 1. The molecule has 0 saturated heterocycles. The number of carbonyl (C=O) groups excluding carboxylic acids is 1. The molecule has 2 rings (SSSR count). The minimum absolute atomic E-state index is 0.0221. The molecule has 0 bridgehead atoms. The minimum atomic E-state index is -4.57. The van der Waals surface area contributed by atoms with E-state index < -0.39 is 29.8 Å². The number of rotatable bonds is 7. The molecular weight excluding hydrogens is 339 g/mol. The Morgan fingerprint density at radius 2 is 2.00 bits per heavy atom. The first-order chi connectivity index (χ1) is 11.7. The van der Waals surface area contributed by atoms with Gasteiger partial charge in [0, 0.05) is 6.54 Å². The number of nitrogens with one attached hydrogen (secondary N) is 3. The Labute approximate surface area is 142 Å². The maximum atomic E-state index is 13.3. The fourth-order valence-electron chi connectivity index (χ4n) is 2.37. The Morgan fingerprint density at radius 3 is 2.52 bits per heavy atom. The summed E-state index contributed by atoms with van der Waals surface area (Å²) in [5.74, 6) is -0.374. The Bertz CT molecular complexity index is 645. The predicted octanol–water partition coefficient (Wildman–Crippen LogP) is 3.51. The van der Waals surface area contributed by atoms with Crippen LogP contribution in [0.15, 0.2) is 18.2 Å². The summed E-state index contributed by atoms with van der Waals surface area (Å²) in [5.41, 5.74) is -1.09. The lowest BCUT2D eigenvalue weighted by Crippen LogP contribution is -2.42. The topological polar surface area (TPSA) is 90.5 Å². The molecule has 0 spiro atoms. The highest BCUT2D eigenvalue weighted by atomic mass is 19.4. The van der Waals surface area contributed by atoms with Gasteiger partial charge >= 0.3 is 12.3 Å². The van der Waals surface area contributed by atoms with E-state index in [-0.39, 0.29) is 17.8 Å². The van der Waals surface area contributed by atoms with E-state index >= 15 is 0 Å². The highest BCUT2D eigenvalue weighted by Crippen LogP contribution is 2.40. The average Bonchev–Trinajstić information content (AvgIpc) is 3.34. The van der Waals surface area contributed by atoms with E-state index in [1.54, 1.807) is 6.92 Å². The largest absolute Gasteiger partial charge is 0.465 e. The van der Waals surface area contributed by atoms with E-state index in [9.17, 15) is 22.8 Å². The molecule has 138 valence electrons. The third kappa shape index (κ3) is 5.27. The SMILES string of the molecule is CCC(NC(=O)O)C(=O)Nc1cccc(C(F)(F)F)c1NCC1CC1. The number of carbonyl (C=O) groups is 2. The lowest BCUT2D eigenvalue weighted by Gasteiger charge is -2.20. The molecule has 1 atom stereocenters. The zero-order chi connectivity index (χ0) is 18.6. The third-order valence-corrected chi connectivity index (χ3v) is 3.91. The fraction of sp³-hybridized carbons (Fsp3) is 0.500. The van der Waals surface area contributed by atoms with Crippen LogP contribution in [0.2, 0.25) is 0 Å². The van der Waals surface area contributed by atoms with Crippen molar-refractivity contribution in [3.63, 3.8) is 0 Å². The van der Waals surface area contributed by atoms with Crippen molar-refractivity contribution in [2.24, 2.45) is 5.92 Å². The molecule has 0 radical (unpaired) electrons. The Kier molecular flexibility index (Phi) is 5.76. The van der Waals surface area contributed by atoms with Crippen molar-refractivity contribution in [1.82, 2.24) is 5.32 Å². The van der Waals surface area contributed by atoms with Gasteiger partial charge in [-0.1, -0.05) is 13.0 Å². The normalized spacial score (nSPS) is 15.4. The molecule has 1 fully saturated rings. The van der Waals surface area contributed by atoms with Crippen molar-refractivity contribution in [1.29, 1.82) is 0 Å². The monoisotopic (exact) mass is 359 g/mol. The van der Waals surface area contributed by atoms with Gasteiger partial charge in [0.25, 0.3) is 0 Å². The molecule has 1 saturated carbocycles. The standard InChI is InChI=1S/C16H20F3N3O3/c1-2-11(22-15(24)25)14(23)21-12-5-3-4-10(16(17,18)19)13(12)20-8-9-6-7-9/h3-5,9,11,20,22H,2,6-8H2,1H3,(H,21,23)(H,24,25). The van der Waals surface area contributed by atoms with Crippen molar-refractivity contribution in [2.75, 3.05) is 17.2 Å². The Balaban J connectivity index is 2.25. The van der Waals surface area contributed by atoms with Gasteiger partial charge in [-0.3, -0.25) is 4.79 Å². The molecule has 1 aromatic rings. The second kappa shape index (κ2) is 7.62. The summed E-state index contributed by atoms with van der Waals surface area (Å²) in [6, 6.07) is 2.45. The highest BCUT2D eigenvalue weighted by molar-refractivity contribution is 5.99. The minimum Gasteiger partial charge on any atom is -0.465 e. The number of hydrogen-bond acceptors (Lipinski definition) is 3. The van der Waals surface area contributed by atoms with Gasteiger partial charge in [0.2, 0.25) is 5.91 Å². The van der Waals surface area contributed by atoms with Crippen LogP contribution < -0.4 is 16.0 Å². The molecule has 9 heteroatoms. The van der Waals surface area contributed by atoms with Gasteiger partial charge < -0.3 is 21.1 Å². The summed E-state index contributed by atoms with van der Waals surface area (Å²) in [7, 11) is 0. The summed E-state index contributed by atoms with van der Waals surface area (Å²) in [6.07, 6.45) is -3.86. The van der Waals surface area contributed by atoms with Crippen LogP contribution in [0.3, 0.4) is 0 Å². The summed E-state index contributed by atoms with van der Waals surface area (Å²) < 4.78 is 39.8. The number of carboxylic acid groups (broad SMARTS) is 1. The van der Waals surface area contributed by atoms with Crippen molar-refractivity contribution >= 4 is 23.4 Å². The van der Waals surface area contributed by atoms with E-state index in [4.69, 9.17) is 5.11 Å². The van der Waals surface area contributed by atoms with E-state index in [1.165, 1.54) is 12.1 Å².